The van der Waals surface area contributed by atoms with Crippen LogP contribution in [0.25, 0.3) is 0 Å². The Morgan fingerprint density at radius 1 is 1.80 bits per heavy atom. The molecule has 0 aliphatic heterocycles. The summed E-state index contributed by atoms with van der Waals surface area (Å²) in [7, 11) is 0. The molecule has 1 heterocycles. The third-order valence-corrected chi connectivity index (χ3v) is 1.89. The van der Waals surface area contributed by atoms with Gasteiger partial charge in [-0.15, -0.1) is 0 Å². The molecule has 1 aromatic heterocycles. The van der Waals surface area contributed by atoms with Crippen LogP contribution in [0, 0.1) is 0 Å². The number of aliphatic hydroxyl groups excluding tert-OH is 1. The summed E-state index contributed by atoms with van der Waals surface area (Å²) in [5.74, 6) is -0.361. The number of aromatic nitrogens is 2. The predicted molar refractivity (Wildman–Crippen MR) is 56.3 cm³/mol. The van der Waals surface area contributed by atoms with E-state index in [2.05, 4.69) is 10.4 Å². The number of nitrogens with zero attached hydrogens (tertiary/aromatic N) is 2. The molecule has 15 heavy (non-hydrogen) atoms. The van der Waals surface area contributed by atoms with Gasteiger partial charge in [-0.25, -0.2) is 0 Å². The van der Waals surface area contributed by atoms with E-state index in [1.54, 1.807) is 17.8 Å². The van der Waals surface area contributed by atoms with Gasteiger partial charge in [0.2, 0.25) is 0 Å². The highest BCUT2D eigenvalue weighted by atomic mass is 16.3. The lowest BCUT2D eigenvalue weighted by atomic mass is 10.3. The van der Waals surface area contributed by atoms with Crippen LogP contribution in [0.4, 0.5) is 5.69 Å². The van der Waals surface area contributed by atoms with E-state index in [1.807, 2.05) is 6.92 Å². The van der Waals surface area contributed by atoms with Crippen molar-refractivity contribution >= 4 is 11.6 Å². The Balaban J connectivity index is 2.68. The molecule has 0 aliphatic rings. The molecule has 0 fully saturated rings. The monoisotopic (exact) mass is 212 g/mol. The topological polar surface area (TPSA) is 93.2 Å². The maximum atomic E-state index is 11.5. The van der Waals surface area contributed by atoms with E-state index in [1.165, 1.54) is 0 Å². The molecule has 0 bridgehead atoms. The van der Waals surface area contributed by atoms with E-state index in [9.17, 15) is 4.79 Å². The largest absolute Gasteiger partial charge is 0.396 e. The second-order valence-corrected chi connectivity index (χ2v) is 3.35. The van der Waals surface area contributed by atoms with E-state index in [4.69, 9.17) is 10.8 Å². The molecule has 0 aromatic carbocycles. The molecule has 0 spiro atoms. The fourth-order valence-corrected chi connectivity index (χ4v) is 1.10. The van der Waals surface area contributed by atoms with Gasteiger partial charge in [0.1, 0.15) is 0 Å². The van der Waals surface area contributed by atoms with E-state index >= 15 is 0 Å². The molecule has 1 aromatic rings. The maximum absolute atomic E-state index is 11.5. The molecular formula is C9H16N4O2. The van der Waals surface area contributed by atoms with E-state index < -0.39 is 6.10 Å². The zero-order valence-electron chi connectivity index (χ0n) is 8.90. The molecule has 0 aliphatic carbocycles. The first-order chi connectivity index (χ1) is 7.04. The van der Waals surface area contributed by atoms with Gasteiger partial charge in [0, 0.05) is 19.3 Å². The maximum Gasteiger partial charge on any atom is 0.274 e. The number of amides is 1. The SMILES string of the molecule is CCn1cc(N)c(C(=O)NC[C@H](C)O)n1. The van der Waals surface area contributed by atoms with Crippen molar-refractivity contribution < 1.29 is 9.90 Å². The molecule has 0 radical (unpaired) electrons. The zero-order chi connectivity index (χ0) is 11.4. The highest BCUT2D eigenvalue weighted by Gasteiger charge is 2.14. The number of hydrogen-bond donors (Lipinski definition) is 3. The van der Waals surface area contributed by atoms with Crippen molar-refractivity contribution in [1.29, 1.82) is 0 Å². The molecule has 6 heteroatoms. The molecule has 6 nitrogen and oxygen atoms in total. The zero-order valence-corrected chi connectivity index (χ0v) is 8.90. The fourth-order valence-electron chi connectivity index (χ4n) is 1.10. The summed E-state index contributed by atoms with van der Waals surface area (Å²) in [6.45, 7) is 4.35. The molecule has 4 N–H and O–H groups in total. The second-order valence-electron chi connectivity index (χ2n) is 3.35. The van der Waals surface area contributed by atoms with Gasteiger partial charge in [0.05, 0.1) is 11.8 Å². The number of nitrogen functional groups attached to an aromatic ring is 1. The lowest BCUT2D eigenvalue weighted by molar-refractivity contribution is 0.0919. The number of carbonyl (C=O) groups is 1. The Hall–Kier alpha value is -1.56. The van der Waals surface area contributed by atoms with Crippen LogP contribution in [0.15, 0.2) is 6.20 Å². The smallest absolute Gasteiger partial charge is 0.274 e. The molecular weight excluding hydrogens is 196 g/mol. The van der Waals surface area contributed by atoms with Crippen LogP contribution in [0.5, 0.6) is 0 Å². The van der Waals surface area contributed by atoms with Gasteiger partial charge in [-0.3, -0.25) is 9.48 Å². The lowest BCUT2D eigenvalue weighted by Gasteiger charge is -2.05. The van der Waals surface area contributed by atoms with E-state index in [-0.39, 0.29) is 18.1 Å². The van der Waals surface area contributed by atoms with Crippen molar-refractivity contribution in [2.24, 2.45) is 0 Å². The molecule has 0 saturated carbocycles. The van der Waals surface area contributed by atoms with Crippen LogP contribution < -0.4 is 11.1 Å². The summed E-state index contributed by atoms with van der Waals surface area (Å²) in [5.41, 5.74) is 6.17. The van der Waals surface area contributed by atoms with Crippen molar-refractivity contribution in [1.82, 2.24) is 15.1 Å². The van der Waals surface area contributed by atoms with E-state index in [0.717, 1.165) is 0 Å². The summed E-state index contributed by atoms with van der Waals surface area (Å²) >= 11 is 0. The molecule has 1 amide bonds. The van der Waals surface area contributed by atoms with Crippen LogP contribution in [-0.4, -0.2) is 33.4 Å². The number of carbonyl (C=O) groups excluding carboxylic acids is 1. The quantitative estimate of drug-likeness (QED) is 0.633. The van der Waals surface area contributed by atoms with Crippen LogP contribution in [0.2, 0.25) is 0 Å². The van der Waals surface area contributed by atoms with Gasteiger partial charge < -0.3 is 16.2 Å². The summed E-state index contributed by atoms with van der Waals surface area (Å²) in [4.78, 5) is 11.5. The Labute approximate surface area is 88.1 Å². The number of anilines is 1. The summed E-state index contributed by atoms with van der Waals surface area (Å²) in [6, 6.07) is 0. The minimum Gasteiger partial charge on any atom is -0.396 e. The number of hydrogen-bond acceptors (Lipinski definition) is 4. The number of aliphatic hydroxyl groups is 1. The van der Waals surface area contributed by atoms with Crippen LogP contribution in [-0.2, 0) is 6.54 Å². The van der Waals surface area contributed by atoms with Crippen LogP contribution in [0.3, 0.4) is 0 Å². The Kier molecular flexibility index (Phi) is 3.68. The minimum atomic E-state index is -0.580. The fraction of sp³-hybridized carbons (Fsp3) is 0.556. The van der Waals surface area contributed by atoms with Crippen molar-refractivity contribution in [3.8, 4) is 0 Å². The highest BCUT2D eigenvalue weighted by Crippen LogP contribution is 2.08. The predicted octanol–water partition coefficient (Wildman–Crippen LogP) is -0.404. The normalized spacial score (nSPS) is 12.5. The number of nitrogens with two attached hydrogens (primary N) is 1. The molecule has 84 valence electrons. The highest BCUT2D eigenvalue weighted by molar-refractivity contribution is 5.96. The van der Waals surface area contributed by atoms with Gasteiger partial charge >= 0.3 is 0 Å². The molecule has 1 rings (SSSR count). The molecule has 0 unspecified atom stereocenters. The summed E-state index contributed by atoms with van der Waals surface area (Å²) in [5, 5.41) is 15.5. The average molecular weight is 212 g/mol. The molecule has 1 atom stereocenters. The van der Waals surface area contributed by atoms with Gasteiger partial charge in [0.25, 0.3) is 5.91 Å². The average Bonchev–Trinajstić information content (AvgIpc) is 2.56. The standard InChI is InChI=1S/C9H16N4O2/c1-3-13-5-7(10)8(12-13)9(15)11-4-6(2)14/h5-6,14H,3-4,10H2,1-2H3,(H,11,15)/t6-/m0/s1. The summed E-state index contributed by atoms with van der Waals surface area (Å²) in [6.07, 6.45) is 1.03. The van der Waals surface area contributed by atoms with E-state index in [0.29, 0.717) is 12.2 Å². The first-order valence-electron chi connectivity index (χ1n) is 4.83. The first kappa shape index (κ1) is 11.5. The Bertz CT molecular complexity index is 346. The second kappa shape index (κ2) is 4.79. The van der Waals surface area contributed by atoms with Crippen LogP contribution in [0.1, 0.15) is 24.3 Å². The summed E-state index contributed by atoms with van der Waals surface area (Å²) < 4.78 is 1.59. The Morgan fingerprint density at radius 2 is 2.47 bits per heavy atom. The third kappa shape index (κ3) is 2.95. The Morgan fingerprint density at radius 3 is 2.93 bits per heavy atom. The molecule has 0 saturated heterocycles. The number of aryl methyl sites for hydroxylation is 1. The number of rotatable bonds is 4. The van der Waals surface area contributed by atoms with Crippen molar-refractivity contribution in [3.05, 3.63) is 11.9 Å². The van der Waals surface area contributed by atoms with Crippen molar-refractivity contribution in [2.45, 2.75) is 26.5 Å². The first-order valence-corrected chi connectivity index (χ1v) is 4.83. The van der Waals surface area contributed by atoms with Gasteiger partial charge in [-0.05, 0) is 13.8 Å². The van der Waals surface area contributed by atoms with Crippen LogP contribution >= 0.6 is 0 Å². The van der Waals surface area contributed by atoms with Gasteiger partial charge in [0.15, 0.2) is 5.69 Å². The van der Waals surface area contributed by atoms with Gasteiger partial charge in [-0.1, -0.05) is 0 Å². The third-order valence-electron chi connectivity index (χ3n) is 1.89. The van der Waals surface area contributed by atoms with Crippen molar-refractivity contribution in [3.63, 3.8) is 0 Å². The number of nitrogens with one attached hydrogen (secondary N) is 1. The lowest BCUT2D eigenvalue weighted by Crippen LogP contribution is -2.31. The van der Waals surface area contributed by atoms with Gasteiger partial charge in [-0.2, -0.15) is 5.10 Å². The van der Waals surface area contributed by atoms with Crippen molar-refractivity contribution in [2.75, 3.05) is 12.3 Å². The minimum absolute atomic E-state index is 0.192.